The highest BCUT2D eigenvalue weighted by atomic mass is 16.5. The molecule has 1 N–H and O–H groups in total. The number of allylic oxidation sites excluding steroid dienone is 1. The Kier molecular flexibility index (Phi) is 7.19. The molecule has 1 aromatic carbocycles. The molecule has 18 heavy (non-hydrogen) atoms. The first kappa shape index (κ1) is 14.8. The first-order chi connectivity index (χ1) is 8.83. The van der Waals surface area contributed by atoms with E-state index < -0.39 is 0 Å². The fraction of sp³-hybridized carbons (Fsp3) is 0.500. The number of nitrogens with one attached hydrogen (secondary N) is 1. The minimum absolute atomic E-state index is 0.381. The molecular weight excluding hydrogens is 222 g/mol. The predicted octanol–water partition coefficient (Wildman–Crippen LogP) is 4.09. The minimum atomic E-state index is 0.381. The SMILES string of the molecule is C/C=C/COc1ccccc1C(CC)NCCC. The minimum Gasteiger partial charge on any atom is -0.489 e. The summed E-state index contributed by atoms with van der Waals surface area (Å²) in [7, 11) is 0. The molecule has 0 spiro atoms. The molecule has 1 unspecified atom stereocenters. The van der Waals surface area contributed by atoms with E-state index in [1.54, 1.807) is 0 Å². The van der Waals surface area contributed by atoms with Crippen molar-refractivity contribution in [3.8, 4) is 5.75 Å². The second-order valence-electron chi connectivity index (χ2n) is 4.33. The third-order valence-electron chi connectivity index (χ3n) is 2.91. The first-order valence-corrected chi connectivity index (χ1v) is 6.89. The molecule has 1 atom stereocenters. The Morgan fingerprint density at radius 1 is 1.28 bits per heavy atom. The van der Waals surface area contributed by atoms with Gasteiger partial charge in [-0.25, -0.2) is 0 Å². The topological polar surface area (TPSA) is 21.3 Å². The van der Waals surface area contributed by atoms with Gasteiger partial charge in [-0.3, -0.25) is 0 Å². The molecule has 1 rings (SSSR count). The molecule has 0 fully saturated rings. The van der Waals surface area contributed by atoms with Crippen LogP contribution >= 0.6 is 0 Å². The van der Waals surface area contributed by atoms with Crippen LogP contribution in [0.15, 0.2) is 36.4 Å². The van der Waals surface area contributed by atoms with Crippen LogP contribution in [0.5, 0.6) is 5.75 Å². The zero-order valence-corrected chi connectivity index (χ0v) is 11.8. The van der Waals surface area contributed by atoms with Gasteiger partial charge in [-0.2, -0.15) is 0 Å². The molecule has 0 radical (unpaired) electrons. The lowest BCUT2D eigenvalue weighted by Crippen LogP contribution is -2.22. The van der Waals surface area contributed by atoms with Crippen molar-refractivity contribution >= 4 is 0 Å². The number of hydrogen-bond donors (Lipinski definition) is 1. The lowest BCUT2D eigenvalue weighted by atomic mass is 10.0. The summed E-state index contributed by atoms with van der Waals surface area (Å²) in [4.78, 5) is 0. The predicted molar refractivity (Wildman–Crippen MR) is 78.1 cm³/mol. The third-order valence-corrected chi connectivity index (χ3v) is 2.91. The molecule has 100 valence electrons. The van der Waals surface area contributed by atoms with Crippen LogP contribution in [0.25, 0.3) is 0 Å². The zero-order chi connectivity index (χ0) is 13.2. The van der Waals surface area contributed by atoms with Gasteiger partial charge in [0.1, 0.15) is 12.4 Å². The van der Waals surface area contributed by atoms with Crippen LogP contribution in [0.3, 0.4) is 0 Å². The van der Waals surface area contributed by atoms with E-state index in [1.807, 2.05) is 25.1 Å². The highest BCUT2D eigenvalue weighted by molar-refractivity contribution is 5.36. The molecule has 0 aliphatic carbocycles. The maximum Gasteiger partial charge on any atom is 0.124 e. The van der Waals surface area contributed by atoms with Crippen molar-refractivity contribution in [1.82, 2.24) is 5.32 Å². The van der Waals surface area contributed by atoms with Crippen LogP contribution in [0, 0.1) is 0 Å². The molecule has 0 amide bonds. The van der Waals surface area contributed by atoms with Crippen LogP contribution in [0.4, 0.5) is 0 Å². The van der Waals surface area contributed by atoms with Crippen molar-refractivity contribution in [3.63, 3.8) is 0 Å². The summed E-state index contributed by atoms with van der Waals surface area (Å²) in [5, 5.41) is 3.57. The molecule has 2 heteroatoms. The van der Waals surface area contributed by atoms with Crippen LogP contribution in [-0.4, -0.2) is 13.2 Å². The number of ether oxygens (including phenoxy) is 1. The van der Waals surface area contributed by atoms with Gasteiger partial charge in [0.05, 0.1) is 0 Å². The molecule has 0 bridgehead atoms. The Labute approximate surface area is 111 Å². The molecule has 0 saturated carbocycles. The second-order valence-corrected chi connectivity index (χ2v) is 4.33. The Balaban J connectivity index is 2.77. The molecule has 0 aliphatic rings. The van der Waals surface area contributed by atoms with E-state index in [9.17, 15) is 0 Å². The standard InChI is InChI=1S/C16H25NO/c1-4-7-13-18-16-11-9-8-10-14(16)15(6-3)17-12-5-2/h4,7-11,15,17H,5-6,12-13H2,1-3H3/b7-4+. The summed E-state index contributed by atoms with van der Waals surface area (Å²) < 4.78 is 5.81. The number of hydrogen-bond acceptors (Lipinski definition) is 2. The third kappa shape index (κ3) is 4.53. The fourth-order valence-corrected chi connectivity index (χ4v) is 1.93. The van der Waals surface area contributed by atoms with Crippen molar-refractivity contribution in [3.05, 3.63) is 42.0 Å². The fourth-order valence-electron chi connectivity index (χ4n) is 1.93. The summed E-state index contributed by atoms with van der Waals surface area (Å²) in [6, 6.07) is 8.69. The number of rotatable bonds is 8. The first-order valence-electron chi connectivity index (χ1n) is 6.89. The smallest absolute Gasteiger partial charge is 0.124 e. The summed E-state index contributed by atoms with van der Waals surface area (Å²) in [6.45, 7) is 8.08. The molecule has 0 saturated heterocycles. The number of benzene rings is 1. The van der Waals surface area contributed by atoms with Crippen molar-refractivity contribution in [1.29, 1.82) is 0 Å². The van der Waals surface area contributed by atoms with Gasteiger partial charge in [0.15, 0.2) is 0 Å². The van der Waals surface area contributed by atoms with Gasteiger partial charge < -0.3 is 10.1 Å². The van der Waals surface area contributed by atoms with Crippen LogP contribution in [0.2, 0.25) is 0 Å². The average molecular weight is 247 g/mol. The molecule has 0 heterocycles. The van der Waals surface area contributed by atoms with Crippen molar-refractivity contribution in [2.24, 2.45) is 0 Å². The van der Waals surface area contributed by atoms with E-state index in [0.29, 0.717) is 12.6 Å². The van der Waals surface area contributed by atoms with Gasteiger partial charge in [0.25, 0.3) is 0 Å². The van der Waals surface area contributed by atoms with Gasteiger partial charge >= 0.3 is 0 Å². The maximum absolute atomic E-state index is 5.81. The van der Waals surface area contributed by atoms with E-state index in [-0.39, 0.29) is 0 Å². The van der Waals surface area contributed by atoms with E-state index in [4.69, 9.17) is 4.74 Å². The quantitative estimate of drug-likeness (QED) is 0.699. The largest absolute Gasteiger partial charge is 0.489 e. The van der Waals surface area contributed by atoms with Gasteiger partial charge in [-0.1, -0.05) is 44.2 Å². The maximum atomic E-state index is 5.81. The van der Waals surface area contributed by atoms with E-state index in [0.717, 1.165) is 25.1 Å². The Hall–Kier alpha value is -1.28. The van der Waals surface area contributed by atoms with Gasteiger partial charge in [0.2, 0.25) is 0 Å². The summed E-state index contributed by atoms with van der Waals surface area (Å²) in [5.74, 6) is 0.992. The summed E-state index contributed by atoms with van der Waals surface area (Å²) in [6.07, 6.45) is 6.26. The molecule has 2 nitrogen and oxygen atoms in total. The van der Waals surface area contributed by atoms with E-state index >= 15 is 0 Å². The van der Waals surface area contributed by atoms with Gasteiger partial charge in [0, 0.05) is 11.6 Å². The van der Waals surface area contributed by atoms with Gasteiger partial charge in [-0.05, 0) is 32.4 Å². The van der Waals surface area contributed by atoms with Crippen LogP contribution < -0.4 is 10.1 Å². The molecular formula is C16H25NO. The van der Waals surface area contributed by atoms with E-state index in [1.165, 1.54) is 5.56 Å². The van der Waals surface area contributed by atoms with Gasteiger partial charge in [-0.15, -0.1) is 0 Å². The van der Waals surface area contributed by atoms with Crippen molar-refractivity contribution in [2.45, 2.75) is 39.7 Å². The Morgan fingerprint density at radius 2 is 2.06 bits per heavy atom. The Morgan fingerprint density at radius 3 is 2.72 bits per heavy atom. The monoisotopic (exact) mass is 247 g/mol. The number of para-hydroxylation sites is 1. The van der Waals surface area contributed by atoms with E-state index in [2.05, 4.69) is 37.4 Å². The highest BCUT2D eigenvalue weighted by Crippen LogP contribution is 2.27. The summed E-state index contributed by atoms with van der Waals surface area (Å²) >= 11 is 0. The van der Waals surface area contributed by atoms with Crippen molar-refractivity contribution < 1.29 is 4.74 Å². The van der Waals surface area contributed by atoms with Crippen molar-refractivity contribution in [2.75, 3.05) is 13.2 Å². The van der Waals surface area contributed by atoms with Crippen LogP contribution in [0.1, 0.15) is 45.2 Å². The van der Waals surface area contributed by atoms with Crippen LogP contribution in [-0.2, 0) is 0 Å². The lowest BCUT2D eigenvalue weighted by molar-refractivity contribution is 0.351. The molecule has 1 aromatic rings. The second kappa shape index (κ2) is 8.76. The zero-order valence-electron chi connectivity index (χ0n) is 11.8. The lowest BCUT2D eigenvalue weighted by Gasteiger charge is -2.20. The molecule has 0 aliphatic heterocycles. The Bertz CT molecular complexity index is 360. The normalized spacial score (nSPS) is 12.8. The highest BCUT2D eigenvalue weighted by Gasteiger charge is 2.12. The molecule has 0 aromatic heterocycles. The summed E-state index contributed by atoms with van der Waals surface area (Å²) in [5.41, 5.74) is 1.26. The average Bonchev–Trinajstić information content (AvgIpc) is 2.41.